The second-order valence-corrected chi connectivity index (χ2v) is 5.42. The summed E-state index contributed by atoms with van der Waals surface area (Å²) in [6.07, 6.45) is 1.83. The highest BCUT2D eigenvalue weighted by Gasteiger charge is 2.35. The zero-order valence-electron chi connectivity index (χ0n) is 9.82. The number of nitrogen functional groups attached to an aromatic ring is 1. The van der Waals surface area contributed by atoms with E-state index < -0.39 is 5.91 Å². The Bertz CT molecular complexity index is 489. The van der Waals surface area contributed by atoms with Crippen molar-refractivity contribution in [1.82, 2.24) is 0 Å². The van der Waals surface area contributed by atoms with Crippen LogP contribution in [0.1, 0.15) is 32.9 Å². The standard InChI is InChI=1S/C11H15N3O2S/c1-14(2)11-6(10(13)16)7(12)9(17-11)8(15)5-3-4-5/h5H,3-4,12H2,1-2H3,(H2,13,16). The van der Waals surface area contributed by atoms with Gasteiger partial charge in [0.15, 0.2) is 5.78 Å². The summed E-state index contributed by atoms with van der Waals surface area (Å²) in [7, 11) is 3.59. The fraction of sp³-hybridized carbons (Fsp3) is 0.455. The number of ketones is 1. The molecule has 1 heterocycles. The molecule has 1 fully saturated rings. The molecule has 2 rings (SSSR count). The van der Waals surface area contributed by atoms with Gasteiger partial charge in [0, 0.05) is 20.0 Å². The molecule has 92 valence electrons. The first kappa shape index (κ1) is 11.9. The summed E-state index contributed by atoms with van der Waals surface area (Å²) in [6.45, 7) is 0. The van der Waals surface area contributed by atoms with Gasteiger partial charge < -0.3 is 16.4 Å². The van der Waals surface area contributed by atoms with E-state index in [4.69, 9.17) is 11.5 Å². The Labute approximate surface area is 103 Å². The second kappa shape index (κ2) is 4.03. The van der Waals surface area contributed by atoms with Crippen LogP contribution in [0.4, 0.5) is 10.7 Å². The van der Waals surface area contributed by atoms with Crippen molar-refractivity contribution in [2.45, 2.75) is 12.8 Å². The van der Waals surface area contributed by atoms with Gasteiger partial charge in [-0.05, 0) is 12.8 Å². The number of hydrogen-bond acceptors (Lipinski definition) is 5. The topological polar surface area (TPSA) is 89.4 Å². The van der Waals surface area contributed by atoms with Crippen LogP contribution >= 0.6 is 11.3 Å². The van der Waals surface area contributed by atoms with Crippen LogP contribution in [-0.2, 0) is 0 Å². The molecule has 0 aliphatic heterocycles. The highest BCUT2D eigenvalue weighted by atomic mass is 32.1. The van der Waals surface area contributed by atoms with E-state index in [1.54, 1.807) is 19.0 Å². The number of thiophene rings is 1. The molecule has 1 aromatic rings. The number of hydrogen-bond donors (Lipinski definition) is 2. The summed E-state index contributed by atoms with van der Waals surface area (Å²) in [5.41, 5.74) is 11.7. The minimum absolute atomic E-state index is 0.0445. The Hall–Kier alpha value is -1.56. The fourth-order valence-electron chi connectivity index (χ4n) is 1.70. The Morgan fingerprint density at radius 1 is 1.35 bits per heavy atom. The smallest absolute Gasteiger partial charge is 0.253 e. The number of amides is 1. The van der Waals surface area contributed by atoms with Crippen molar-refractivity contribution >= 4 is 33.7 Å². The SMILES string of the molecule is CN(C)c1sc(C(=O)C2CC2)c(N)c1C(N)=O. The van der Waals surface area contributed by atoms with E-state index in [0.717, 1.165) is 12.8 Å². The third kappa shape index (κ3) is 2.00. The number of anilines is 2. The molecule has 0 saturated heterocycles. The normalized spacial score (nSPS) is 14.7. The van der Waals surface area contributed by atoms with Gasteiger partial charge in [0.05, 0.1) is 16.1 Å². The summed E-state index contributed by atoms with van der Waals surface area (Å²) in [4.78, 5) is 25.6. The van der Waals surface area contributed by atoms with Gasteiger partial charge >= 0.3 is 0 Å². The Morgan fingerprint density at radius 2 is 1.94 bits per heavy atom. The molecule has 6 heteroatoms. The minimum atomic E-state index is -0.586. The van der Waals surface area contributed by atoms with E-state index >= 15 is 0 Å². The molecule has 0 atom stereocenters. The van der Waals surface area contributed by atoms with Crippen LogP contribution < -0.4 is 16.4 Å². The van der Waals surface area contributed by atoms with Crippen LogP contribution in [0, 0.1) is 5.92 Å². The first-order valence-electron chi connectivity index (χ1n) is 5.37. The third-order valence-electron chi connectivity index (χ3n) is 2.75. The molecular formula is C11H15N3O2S. The first-order chi connectivity index (χ1) is 7.93. The van der Waals surface area contributed by atoms with E-state index in [0.29, 0.717) is 9.88 Å². The molecule has 17 heavy (non-hydrogen) atoms. The predicted molar refractivity (Wildman–Crippen MR) is 68.6 cm³/mol. The lowest BCUT2D eigenvalue weighted by atomic mass is 10.1. The number of primary amides is 1. The summed E-state index contributed by atoms with van der Waals surface area (Å²) in [6, 6.07) is 0. The average molecular weight is 253 g/mol. The summed E-state index contributed by atoms with van der Waals surface area (Å²) in [5, 5.41) is 0.652. The van der Waals surface area contributed by atoms with Gasteiger partial charge in [0.25, 0.3) is 5.91 Å². The molecule has 0 bridgehead atoms. The van der Waals surface area contributed by atoms with Gasteiger partial charge in [0.1, 0.15) is 5.00 Å². The highest BCUT2D eigenvalue weighted by molar-refractivity contribution is 7.19. The van der Waals surface area contributed by atoms with Crippen LogP contribution in [0.2, 0.25) is 0 Å². The van der Waals surface area contributed by atoms with E-state index in [9.17, 15) is 9.59 Å². The molecule has 0 aromatic carbocycles. The summed E-state index contributed by atoms with van der Waals surface area (Å²) in [5.74, 6) is -0.452. The molecule has 1 aliphatic carbocycles. The number of carbonyl (C=O) groups excluding carboxylic acids is 2. The largest absolute Gasteiger partial charge is 0.397 e. The number of Topliss-reactive ketones (excluding diaryl/α,β-unsaturated/α-hetero) is 1. The number of carbonyl (C=O) groups is 2. The van der Waals surface area contributed by atoms with E-state index in [2.05, 4.69) is 0 Å². The molecule has 1 aromatic heterocycles. The predicted octanol–water partition coefficient (Wildman–Crippen LogP) is 1.09. The maximum Gasteiger partial charge on any atom is 0.253 e. The van der Waals surface area contributed by atoms with Crippen molar-refractivity contribution < 1.29 is 9.59 Å². The van der Waals surface area contributed by atoms with Gasteiger partial charge in [0.2, 0.25) is 0 Å². The first-order valence-corrected chi connectivity index (χ1v) is 6.18. The molecule has 1 aliphatic rings. The molecule has 0 spiro atoms. The van der Waals surface area contributed by atoms with Gasteiger partial charge in [-0.25, -0.2) is 0 Å². The van der Waals surface area contributed by atoms with Gasteiger partial charge in [-0.2, -0.15) is 0 Å². The lowest BCUT2D eigenvalue weighted by Gasteiger charge is -2.10. The molecule has 0 unspecified atom stereocenters. The second-order valence-electron chi connectivity index (χ2n) is 4.42. The number of rotatable bonds is 4. The van der Waals surface area contributed by atoms with Crippen molar-refractivity contribution in [2.24, 2.45) is 11.7 Å². The zero-order valence-corrected chi connectivity index (χ0v) is 10.6. The van der Waals surface area contributed by atoms with E-state index in [1.165, 1.54) is 11.3 Å². The maximum absolute atomic E-state index is 12.0. The lowest BCUT2D eigenvalue weighted by molar-refractivity contribution is 0.0972. The molecule has 1 amide bonds. The van der Waals surface area contributed by atoms with E-state index in [1.807, 2.05) is 0 Å². The number of nitrogens with zero attached hydrogens (tertiary/aromatic N) is 1. The molecule has 0 radical (unpaired) electrons. The average Bonchev–Trinajstić information content (AvgIpc) is 3.00. The summed E-state index contributed by atoms with van der Waals surface area (Å²) >= 11 is 1.25. The van der Waals surface area contributed by atoms with Crippen LogP contribution in [0.3, 0.4) is 0 Å². The maximum atomic E-state index is 12.0. The van der Waals surface area contributed by atoms with Crippen LogP contribution in [0.15, 0.2) is 0 Å². The Morgan fingerprint density at radius 3 is 2.29 bits per heavy atom. The fourth-order valence-corrected chi connectivity index (χ4v) is 2.87. The number of nitrogens with two attached hydrogens (primary N) is 2. The van der Waals surface area contributed by atoms with Gasteiger partial charge in [-0.1, -0.05) is 0 Å². The third-order valence-corrected chi connectivity index (χ3v) is 4.14. The monoisotopic (exact) mass is 253 g/mol. The van der Waals surface area contributed by atoms with Crippen molar-refractivity contribution in [1.29, 1.82) is 0 Å². The summed E-state index contributed by atoms with van der Waals surface area (Å²) < 4.78 is 0. The molecular weight excluding hydrogens is 238 g/mol. The van der Waals surface area contributed by atoms with Crippen molar-refractivity contribution in [2.75, 3.05) is 24.7 Å². The molecule has 5 nitrogen and oxygen atoms in total. The van der Waals surface area contributed by atoms with Crippen LogP contribution in [0.25, 0.3) is 0 Å². The van der Waals surface area contributed by atoms with Crippen molar-refractivity contribution in [3.63, 3.8) is 0 Å². The highest BCUT2D eigenvalue weighted by Crippen LogP contribution is 2.42. The Kier molecular flexibility index (Phi) is 2.82. The van der Waals surface area contributed by atoms with Gasteiger partial charge in [-0.3, -0.25) is 9.59 Å². The van der Waals surface area contributed by atoms with Crippen LogP contribution in [-0.4, -0.2) is 25.8 Å². The Balaban J connectivity index is 2.50. The van der Waals surface area contributed by atoms with Gasteiger partial charge in [-0.15, -0.1) is 11.3 Å². The zero-order chi connectivity index (χ0) is 12.7. The van der Waals surface area contributed by atoms with Crippen molar-refractivity contribution in [3.05, 3.63) is 10.4 Å². The molecule has 4 N–H and O–H groups in total. The minimum Gasteiger partial charge on any atom is -0.397 e. The van der Waals surface area contributed by atoms with Crippen molar-refractivity contribution in [3.8, 4) is 0 Å². The van der Waals surface area contributed by atoms with E-state index in [-0.39, 0.29) is 23.0 Å². The molecule has 1 saturated carbocycles. The quantitative estimate of drug-likeness (QED) is 0.786. The van der Waals surface area contributed by atoms with Crippen LogP contribution in [0.5, 0.6) is 0 Å². The lowest BCUT2D eigenvalue weighted by Crippen LogP contribution is -2.18.